The second kappa shape index (κ2) is 11.0. The SMILES string of the molecule is Cc1cnn(CCC#Cc2ccc(Cc3nc(C(=O)NC4COc5ccccc5N(C)C4=O)n[nH]3)cc2)c1. The summed E-state index contributed by atoms with van der Waals surface area (Å²) < 4.78 is 7.63. The van der Waals surface area contributed by atoms with Crippen LogP contribution in [0, 0.1) is 18.8 Å². The van der Waals surface area contributed by atoms with Gasteiger partial charge in [-0.3, -0.25) is 19.4 Å². The predicted molar refractivity (Wildman–Crippen MR) is 141 cm³/mol. The number of hydrogen-bond donors (Lipinski definition) is 2. The fourth-order valence-corrected chi connectivity index (χ4v) is 4.08. The summed E-state index contributed by atoms with van der Waals surface area (Å²) in [5.41, 5.74) is 3.70. The number of hydrogen-bond acceptors (Lipinski definition) is 6. The largest absolute Gasteiger partial charge is 0.489 e. The number of ether oxygens (including phenoxy) is 1. The molecule has 5 rings (SSSR count). The third-order valence-electron chi connectivity index (χ3n) is 6.09. The van der Waals surface area contributed by atoms with Gasteiger partial charge in [-0.15, -0.1) is 5.10 Å². The Hall–Kier alpha value is -4.91. The zero-order valence-electron chi connectivity index (χ0n) is 21.1. The van der Waals surface area contributed by atoms with Gasteiger partial charge >= 0.3 is 0 Å². The maximum Gasteiger partial charge on any atom is 0.291 e. The summed E-state index contributed by atoms with van der Waals surface area (Å²) in [6.45, 7) is 2.79. The molecule has 0 saturated carbocycles. The first kappa shape index (κ1) is 24.8. The van der Waals surface area contributed by atoms with E-state index in [1.165, 1.54) is 4.90 Å². The summed E-state index contributed by atoms with van der Waals surface area (Å²) in [5.74, 6) is 6.60. The summed E-state index contributed by atoms with van der Waals surface area (Å²) in [5, 5.41) is 13.8. The Bertz CT molecular complexity index is 1510. The Labute approximate surface area is 220 Å². The van der Waals surface area contributed by atoms with E-state index < -0.39 is 11.9 Å². The average Bonchev–Trinajstić information content (AvgIpc) is 3.55. The summed E-state index contributed by atoms with van der Waals surface area (Å²) in [7, 11) is 1.65. The van der Waals surface area contributed by atoms with Crippen LogP contribution in [0.4, 0.5) is 5.69 Å². The van der Waals surface area contributed by atoms with E-state index in [1.54, 1.807) is 19.2 Å². The predicted octanol–water partition coefficient (Wildman–Crippen LogP) is 2.50. The van der Waals surface area contributed by atoms with Gasteiger partial charge in [-0.25, -0.2) is 4.98 Å². The Morgan fingerprint density at radius 2 is 2.03 bits per heavy atom. The van der Waals surface area contributed by atoms with E-state index in [0.29, 0.717) is 30.1 Å². The van der Waals surface area contributed by atoms with Gasteiger partial charge in [0.15, 0.2) is 0 Å². The second-order valence-corrected chi connectivity index (χ2v) is 9.01. The van der Waals surface area contributed by atoms with Crippen molar-refractivity contribution in [1.82, 2.24) is 30.3 Å². The molecule has 1 aliphatic heterocycles. The molecule has 38 heavy (non-hydrogen) atoms. The van der Waals surface area contributed by atoms with Crippen LogP contribution in [-0.4, -0.2) is 56.5 Å². The molecule has 1 atom stereocenters. The number of anilines is 1. The molecule has 10 nitrogen and oxygen atoms in total. The van der Waals surface area contributed by atoms with Crippen molar-refractivity contribution in [3.05, 3.63) is 89.3 Å². The van der Waals surface area contributed by atoms with E-state index in [4.69, 9.17) is 4.74 Å². The number of carbonyl (C=O) groups is 2. The summed E-state index contributed by atoms with van der Waals surface area (Å²) in [6.07, 6.45) is 5.02. The lowest BCUT2D eigenvalue weighted by Crippen LogP contribution is -2.49. The molecule has 192 valence electrons. The van der Waals surface area contributed by atoms with Gasteiger partial charge in [0.05, 0.1) is 18.4 Å². The van der Waals surface area contributed by atoms with Crippen molar-refractivity contribution in [3.8, 4) is 17.6 Å². The van der Waals surface area contributed by atoms with E-state index in [9.17, 15) is 9.59 Å². The highest BCUT2D eigenvalue weighted by Gasteiger charge is 2.31. The number of benzene rings is 2. The number of nitrogens with zero attached hydrogens (tertiary/aromatic N) is 5. The summed E-state index contributed by atoms with van der Waals surface area (Å²) in [4.78, 5) is 31.4. The van der Waals surface area contributed by atoms with Gasteiger partial charge in [0.1, 0.15) is 24.2 Å². The zero-order valence-corrected chi connectivity index (χ0v) is 21.1. The topological polar surface area (TPSA) is 118 Å². The molecule has 0 radical (unpaired) electrons. The van der Waals surface area contributed by atoms with Crippen molar-refractivity contribution in [2.24, 2.45) is 0 Å². The molecular weight excluding hydrogens is 482 g/mol. The molecule has 0 fully saturated rings. The number of amides is 2. The Morgan fingerprint density at radius 1 is 1.21 bits per heavy atom. The Kier molecular flexibility index (Phi) is 7.17. The molecule has 3 heterocycles. The van der Waals surface area contributed by atoms with Gasteiger partial charge in [-0.1, -0.05) is 36.1 Å². The number of carbonyl (C=O) groups excluding carboxylic acids is 2. The molecule has 2 amide bonds. The van der Waals surface area contributed by atoms with E-state index in [-0.39, 0.29) is 18.3 Å². The zero-order chi connectivity index (χ0) is 26.5. The normalized spacial score (nSPS) is 14.6. The quantitative estimate of drug-likeness (QED) is 0.386. The Morgan fingerprint density at radius 3 is 2.82 bits per heavy atom. The van der Waals surface area contributed by atoms with E-state index >= 15 is 0 Å². The van der Waals surface area contributed by atoms with Gasteiger partial charge in [0, 0.05) is 31.6 Å². The molecule has 0 aliphatic carbocycles. The fourth-order valence-electron chi connectivity index (χ4n) is 4.08. The van der Waals surface area contributed by atoms with Crippen LogP contribution in [0.3, 0.4) is 0 Å². The van der Waals surface area contributed by atoms with Crippen LogP contribution in [0.5, 0.6) is 5.75 Å². The lowest BCUT2D eigenvalue weighted by atomic mass is 10.1. The first-order valence-electron chi connectivity index (χ1n) is 12.2. The van der Waals surface area contributed by atoms with E-state index in [1.807, 2.05) is 60.4 Å². The highest BCUT2D eigenvalue weighted by Crippen LogP contribution is 2.29. The first-order chi connectivity index (χ1) is 18.5. The molecule has 1 aliphatic rings. The van der Waals surface area contributed by atoms with Crippen molar-refractivity contribution >= 4 is 17.5 Å². The van der Waals surface area contributed by atoms with E-state index in [0.717, 1.165) is 23.2 Å². The monoisotopic (exact) mass is 509 g/mol. The van der Waals surface area contributed by atoms with Crippen LogP contribution in [0.2, 0.25) is 0 Å². The second-order valence-electron chi connectivity index (χ2n) is 9.01. The number of rotatable bonds is 6. The summed E-state index contributed by atoms with van der Waals surface area (Å²) >= 11 is 0. The van der Waals surface area contributed by atoms with Crippen molar-refractivity contribution in [1.29, 1.82) is 0 Å². The van der Waals surface area contributed by atoms with Crippen LogP contribution < -0.4 is 15.0 Å². The first-order valence-corrected chi connectivity index (χ1v) is 12.2. The molecule has 4 aromatic rings. The van der Waals surface area contributed by atoms with Crippen LogP contribution in [0.1, 0.15) is 39.6 Å². The maximum atomic E-state index is 12.9. The highest BCUT2D eigenvalue weighted by molar-refractivity contribution is 6.02. The minimum absolute atomic E-state index is 0.0152. The van der Waals surface area contributed by atoms with Crippen molar-refractivity contribution in [3.63, 3.8) is 0 Å². The molecule has 0 saturated heterocycles. The smallest absolute Gasteiger partial charge is 0.291 e. The average molecular weight is 510 g/mol. The standard InChI is InChI=1S/C28H27N7O3/c1-19-16-29-35(17-19)14-6-5-7-20-10-12-21(13-11-20)15-25-31-26(33-32-25)27(36)30-22-18-38-24-9-4-3-8-23(24)34(2)28(22)37/h3-4,8-13,16-17,22H,6,14-15,18H2,1-2H3,(H,30,36)(H,31,32,33). The van der Waals surface area contributed by atoms with Gasteiger partial charge in [0.2, 0.25) is 5.82 Å². The van der Waals surface area contributed by atoms with Crippen molar-refractivity contribution in [2.75, 3.05) is 18.6 Å². The number of aryl methyl sites for hydroxylation is 2. The number of likely N-dealkylation sites (N-methyl/N-ethyl adjacent to an activating group) is 1. The number of aromatic nitrogens is 5. The van der Waals surface area contributed by atoms with Gasteiger partial charge in [0.25, 0.3) is 11.8 Å². The molecular formula is C28H27N7O3. The number of nitrogens with one attached hydrogen (secondary N) is 2. The molecule has 0 spiro atoms. The van der Waals surface area contributed by atoms with Crippen LogP contribution in [0.25, 0.3) is 0 Å². The van der Waals surface area contributed by atoms with Crippen LogP contribution in [-0.2, 0) is 17.8 Å². The number of aromatic amines is 1. The molecule has 10 heteroatoms. The van der Waals surface area contributed by atoms with Crippen molar-refractivity contribution < 1.29 is 14.3 Å². The van der Waals surface area contributed by atoms with E-state index in [2.05, 4.69) is 37.4 Å². The molecule has 1 unspecified atom stereocenters. The number of H-pyrrole nitrogens is 1. The summed E-state index contributed by atoms with van der Waals surface area (Å²) in [6, 6.07) is 14.2. The number of para-hydroxylation sites is 2. The molecule has 2 aromatic carbocycles. The number of fused-ring (bicyclic) bond motifs is 1. The molecule has 2 N–H and O–H groups in total. The van der Waals surface area contributed by atoms with Crippen LogP contribution >= 0.6 is 0 Å². The Balaban J connectivity index is 1.15. The molecule has 2 aromatic heterocycles. The lowest BCUT2D eigenvalue weighted by molar-refractivity contribution is -0.120. The molecule has 0 bridgehead atoms. The lowest BCUT2D eigenvalue weighted by Gasteiger charge is -2.19. The van der Waals surface area contributed by atoms with Gasteiger partial charge < -0.3 is 15.0 Å². The minimum Gasteiger partial charge on any atom is -0.489 e. The van der Waals surface area contributed by atoms with Gasteiger partial charge in [-0.2, -0.15) is 5.10 Å². The third kappa shape index (κ3) is 5.73. The van der Waals surface area contributed by atoms with Crippen LogP contribution in [0.15, 0.2) is 60.9 Å². The minimum atomic E-state index is -0.862. The maximum absolute atomic E-state index is 12.9. The van der Waals surface area contributed by atoms with Crippen molar-refractivity contribution in [2.45, 2.75) is 32.4 Å². The fraction of sp³-hybridized carbons (Fsp3) is 0.250. The highest BCUT2D eigenvalue weighted by atomic mass is 16.5. The third-order valence-corrected chi connectivity index (χ3v) is 6.09. The van der Waals surface area contributed by atoms with Gasteiger partial charge in [-0.05, 0) is 42.3 Å².